The topological polar surface area (TPSA) is 101 Å². The molecule has 4 aromatic rings. The van der Waals surface area contributed by atoms with Gasteiger partial charge in [-0.2, -0.15) is 0 Å². The van der Waals surface area contributed by atoms with Crippen molar-refractivity contribution in [3.8, 4) is 11.5 Å². The predicted molar refractivity (Wildman–Crippen MR) is 160 cm³/mol. The number of carbonyl (C=O) groups is 2. The fourth-order valence-electron chi connectivity index (χ4n) is 6.39. The molecule has 3 aliphatic heterocycles. The normalized spacial score (nSPS) is 17.1. The van der Waals surface area contributed by atoms with Crippen LogP contribution in [0.25, 0.3) is 11.5 Å². The number of carbonyl (C=O) groups excluding carboxylic acids is 2. The van der Waals surface area contributed by atoms with E-state index < -0.39 is 5.82 Å². The molecule has 1 aromatic carbocycles. The fourth-order valence-corrected chi connectivity index (χ4v) is 6.39. The number of rotatable bonds is 4. The molecule has 1 N–H and O–H groups in total. The van der Waals surface area contributed by atoms with Gasteiger partial charge >= 0.3 is 0 Å². The summed E-state index contributed by atoms with van der Waals surface area (Å²) in [5.74, 6) is 0.895. The van der Waals surface area contributed by atoms with Crippen molar-refractivity contribution in [2.45, 2.75) is 33.1 Å². The van der Waals surface area contributed by atoms with Crippen LogP contribution in [0.3, 0.4) is 0 Å². The van der Waals surface area contributed by atoms with Gasteiger partial charge in [0.25, 0.3) is 11.8 Å². The van der Waals surface area contributed by atoms with Crippen molar-refractivity contribution in [3.63, 3.8) is 0 Å². The maximum absolute atomic E-state index is 14.3. The van der Waals surface area contributed by atoms with Crippen LogP contribution < -0.4 is 15.1 Å². The largest absolute Gasteiger partial charge is 0.459 e. The predicted octanol–water partition coefficient (Wildman–Crippen LogP) is 5.56. The Morgan fingerprint density at radius 3 is 2.53 bits per heavy atom. The van der Waals surface area contributed by atoms with E-state index in [2.05, 4.69) is 20.2 Å². The Morgan fingerprint density at radius 2 is 1.77 bits per heavy atom. The quantitative estimate of drug-likeness (QED) is 0.337. The van der Waals surface area contributed by atoms with Crippen LogP contribution in [-0.2, 0) is 11.2 Å². The minimum atomic E-state index is -0.535. The van der Waals surface area contributed by atoms with Crippen LogP contribution in [-0.4, -0.2) is 54.6 Å². The minimum Gasteiger partial charge on any atom is -0.459 e. The van der Waals surface area contributed by atoms with Gasteiger partial charge in [0.15, 0.2) is 5.76 Å². The van der Waals surface area contributed by atoms with E-state index in [0.717, 1.165) is 62.2 Å². The van der Waals surface area contributed by atoms with Crippen LogP contribution in [0, 0.1) is 25.1 Å². The number of ether oxygens (including phenoxy) is 1. The van der Waals surface area contributed by atoms with E-state index in [1.807, 2.05) is 26.0 Å². The number of benzene rings is 1. The second kappa shape index (κ2) is 10.6. The second-order valence-corrected chi connectivity index (χ2v) is 11.8. The molecule has 2 amide bonds. The lowest BCUT2D eigenvalue weighted by molar-refractivity contribution is -0.000510. The first-order chi connectivity index (χ1) is 20.8. The third kappa shape index (κ3) is 5.05. The molecule has 6 heterocycles. The minimum absolute atomic E-state index is 0.246. The molecule has 0 bridgehead atoms. The number of fused-ring (bicyclic) bond motifs is 3. The Hall–Kier alpha value is -4.57. The first-order valence-corrected chi connectivity index (χ1v) is 14.6. The van der Waals surface area contributed by atoms with Crippen molar-refractivity contribution in [2.24, 2.45) is 5.41 Å². The Morgan fingerprint density at radius 1 is 1.00 bits per heavy atom. The van der Waals surface area contributed by atoms with Gasteiger partial charge in [-0.05, 0) is 75.1 Å². The van der Waals surface area contributed by atoms with E-state index >= 15 is 0 Å². The monoisotopic (exact) mass is 581 g/mol. The Balaban J connectivity index is 1.09. The van der Waals surface area contributed by atoms with E-state index in [9.17, 15) is 14.0 Å². The number of halogens is 1. The molecule has 10 heteroatoms. The van der Waals surface area contributed by atoms with E-state index in [4.69, 9.17) is 9.15 Å². The Labute approximate surface area is 248 Å². The number of aromatic nitrogens is 2. The number of hydrogen-bond donors (Lipinski definition) is 1. The number of hydrogen-bond acceptors (Lipinski definition) is 7. The van der Waals surface area contributed by atoms with Crippen molar-refractivity contribution in [1.29, 1.82) is 0 Å². The van der Waals surface area contributed by atoms with Gasteiger partial charge < -0.3 is 24.3 Å². The average Bonchev–Trinajstić information content (AvgIpc) is 3.30. The number of anilines is 3. The molecule has 9 nitrogen and oxygen atoms in total. The molecule has 0 aliphatic carbocycles. The van der Waals surface area contributed by atoms with Crippen molar-refractivity contribution in [1.82, 2.24) is 9.97 Å². The van der Waals surface area contributed by atoms with Crippen LogP contribution >= 0.6 is 0 Å². The summed E-state index contributed by atoms with van der Waals surface area (Å²) in [6, 6.07) is 11.8. The van der Waals surface area contributed by atoms with Gasteiger partial charge in [0.05, 0.1) is 17.4 Å². The van der Waals surface area contributed by atoms with Gasteiger partial charge in [-0.1, -0.05) is 0 Å². The number of amides is 2. The Kier molecular flexibility index (Phi) is 6.73. The smallest absolute Gasteiger partial charge is 0.259 e. The molecule has 3 aromatic heterocycles. The molecular formula is C33H32FN5O4. The molecule has 2 fully saturated rings. The van der Waals surface area contributed by atoms with E-state index in [-0.39, 0.29) is 17.2 Å². The second-order valence-electron chi connectivity index (χ2n) is 11.8. The van der Waals surface area contributed by atoms with Crippen LogP contribution in [0.5, 0.6) is 0 Å². The van der Waals surface area contributed by atoms with E-state index in [1.165, 1.54) is 11.0 Å². The van der Waals surface area contributed by atoms with Crippen LogP contribution in [0.15, 0.2) is 59.3 Å². The van der Waals surface area contributed by atoms with Gasteiger partial charge in [-0.15, -0.1) is 0 Å². The molecule has 1 spiro atoms. The van der Waals surface area contributed by atoms with E-state index in [1.54, 1.807) is 30.5 Å². The molecular weight excluding hydrogens is 549 g/mol. The maximum Gasteiger partial charge on any atom is 0.259 e. The summed E-state index contributed by atoms with van der Waals surface area (Å²) in [6.45, 7) is 7.40. The molecule has 0 atom stereocenters. The summed E-state index contributed by atoms with van der Waals surface area (Å²) in [5, 5.41) is 2.97. The highest BCUT2D eigenvalue weighted by atomic mass is 19.1. The van der Waals surface area contributed by atoms with Gasteiger partial charge in [0, 0.05) is 67.3 Å². The van der Waals surface area contributed by atoms with Gasteiger partial charge in [0.1, 0.15) is 23.1 Å². The first kappa shape index (κ1) is 27.3. The number of furan rings is 1. The van der Waals surface area contributed by atoms with Crippen LogP contribution in [0.1, 0.15) is 50.4 Å². The Bertz CT molecular complexity index is 1720. The molecule has 0 radical (unpaired) electrons. The van der Waals surface area contributed by atoms with Crippen molar-refractivity contribution < 1.29 is 23.1 Å². The summed E-state index contributed by atoms with van der Waals surface area (Å²) in [5.41, 5.74) is 4.35. The third-order valence-corrected chi connectivity index (χ3v) is 8.67. The number of aryl methyl sites for hydroxylation is 2. The zero-order valence-corrected chi connectivity index (χ0v) is 24.2. The SMILES string of the molecule is Cc1cnc(N2CC3(CCOCC3)C2)c(C(=O)Nc2ccc(C(=O)N3CCc4cc(C)oc4-c4ncc(F)cc43)cc2)c1. The van der Waals surface area contributed by atoms with E-state index in [0.29, 0.717) is 52.7 Å². The van der Waals surface area contributed by atoms with Crippen molar-refractivity contribution in [2.75, 3.05) is 48.0 Å². The number of nitrogens with one attached hydrogen (secondary N) is 1. The standard InChI is InChI=1S/C33H32FN5O4/c1-20-13-26(30(36-16-20)38-18-33(19-38)8-11-42-12-9-33)31(40)37-25-5-3-22(4-6-25)32(41)39-10-7-23-14-21(2)43-29(23)28-27(39)15-24(34)17-35-28/h3-6,13-17H,7-12,18-19H2,1-2H3,(H,37,40). The summed E-state index contributed by atoms with van der Waals surface area (Å²) >= 11 is 0. The molecule has 220 valence electrons. The summed E-state index contributed by atoms with van der Waals surface area (Å²) in [4.78, 5) is 39.7. The zero-order chi connectivity index (χ0) is 29.7. The lowest BCUT2D eigenvalue weighted by Crippen LogP contribution is -2.59. The fraction of sp³-hybridized carbons (Fsp3) is 0.333. The summed E-state index contributed by atoms with van der Waals surface area (Å²) in [7, 11) is 0. The highest BCUT2D eigenvalue weighted by molar-refractivity contribution is 6.10. The number of pyridine rings is 2. The molecule has 7 rings (SSSR count). The molecule has 0 unspecified atom stereocenters. The van der Waals surface area contributed by atoms with Crippen LogP contribution in [0.2, 0.25) is 0 Å². The molecule has 0 saturated carbocycles. The number of nitrogens with zero attached hydrogens (tertiary/aromatic N) is 4. The lowest BCUT2D eigenvalue weighted by Gasteiger charge is -2.53. The lowest BCUT2D eigenvalue weighted by atomic mass is 9.73. The summed E-state index contributed by atoms with van der Waals surface area (Å²) in [6.07, 6.45) is 5.52. The molecule has 2 saturated heterocycles. The average molecular weight is 582 g/mol. The van der Waals surface area contributed by atoms with Crippen LogP contribution in [0.4, 0.5) is 21.6 Å². The summed E-state index contributed by atoms with van der Waals surface area (Å²) < 4.78 is 25.7. The van der Waals surface area contributed by atoms with Gasteiger partial charge in [-0.25, -0.2) is 14.4 Å². The molecule has 43 heavy (non-hydrogen) atoms. The van der Waals surface area contributed by atoms with Gasteiger partial charge in [-0.3, -0.25) is 9.59 Å². The maximum atomic E-state index is 14.3. The van der Waals surface area contributed by atoms with Crippen molar-refractivity contribution in [3.05, 3.63) is 88.7 Å². The third-order valence-electron chi connectivity index (χ3n) is 8.67. The van der Waals surface area contributed by atoms with Crippen molar-refractivity contribution >= 4 is 29.0 Å². The highest BCUT2D eigenvalue weighted by Gasteiger charge is 2.45. The highest BCUT2D eigenvalue weighted by Crippen LogP contribution is 2.42. The van der Waals surface area contributed by atoms with Gasteiger partial charge in [0.2, 0.25) is 0 Å². The first-order valence-electron chi connectivity index (χ1n) is 14.6. The molecule has 3 aliphatic rings. The zero-order valence-electron chi connectivity index (χ0n) is 24.2.